The van der Waals surface area contributed by atoms with Crippen molar-refractivity contribution >= 4 is 52.8 Å². The van der Waals surface area contributed by atoms with Gasteiger partial charge in [-0.1, -0.05) is 29.3 Å². The van der Waals surface area contributed by atoms with Crippen LogP contribution in [0.3, 0.4) is 0 Å². The number of anilines is 1. The van der Waals surface area contributed by atoms with E-state index in [1.165, 1.54) is 0 Å². The highest BCUT2D eigenvalue weighted by Crippen LogP contribution is 2.24. The number of benzene rings is 2. The van der Waals surface area contributed by atoms with E-state index in [9.17, 15) is 18.4 Å². The quantitative estimate of drug-likeness (QED) is 0.444. The van der Waals surface area contributed by atoms with Gasteiger partial charge in [0, 0.05) is 35.3 Å². The summed E-state index contributed by atoms with van der Waals surface area (Å²) in [6.45, 7) is 1.10. The van der Waals surface area contributed by atoms with Crippen LogP contribution in [0.1, 0.15) is 12.5 Å². The van der Waals surface area contributed by atoms with E-state index < -0.39 is 29.3 Å². The molecule has 0 atom stereocenters. The molecule has 2 rings (SSSR count). The van der Waals surface area contributed by atoms with E-state index in [0.717, 1.165) is 36.2 Å². The minimum Gasteiger partial charge on any atom is -0.324 e. The number of allylic oxidation sites excluding steroid dienone is 1. The largest absolute Gasteiger partial charge is 0.324 e. The van der Waals surface area contributed by atoms with Crippen molar-refractivity contribution in [3.05, 3.63) is 75.4 Å². The molecule has 0 aliphatic heterocycles. The minimum absolute atomic E-state index is 0.128. The first-order chi connectivity index (χ1) is 14.1. The number of amides is 2. The topological polar surface area (TPSA) is 97.1 Å². The van der Waals surface area contributed by atoms with Gasteiger partial charge < -0.3 is 10.7 Å². The fraction of sp³-hybridized carbons (Fsp3) is 0.100. The lowest BCUT2D eigenvalue weighted by atomic mass is 10.1. The number of rotatable bonds is 6. The molecule has 0 saturated carbocycles. The average Bonchev–Trinajstić information content (AvgIpc) is 2.63. The zero-order valence-electron chi connectivity index (χ0n) is 15.6. The Balaban J connectivity index is 2.24. The first-order valence-electron chi connectivity index (χ1n) is 8.42. The molecule has 0 aliphatic carbocycles. The molecule has 156 valence electrons. The third-order valence-electron chi connectivity index (χ3n) is 3.79. The Hall–Kier alpha value is -3.10. The molecule has 0 bridgehead atoms. The van der Waals surface area contributed by atoms with Crippen LogP contribution in [0.15, 0.2) is 48.2 Å². The second-order valence-corrected chi connectivity index (χ2v) is 6.85. The zero-order chi connectivity index (χ0) is 22.4. The lowest BCUT2D eigenvalue weighted by Crippen LogP contribution is -2.35. The Labute approximate surface area is 181 Å². The molecular formula is C20H16Cl2F2N4O2. The maximum Gasteiger partial charge on any atom is 0.229 e. The minimum atomic E-state index is -0.926. The van der Waals surface area contributed by atoms with Gasteiger partial charge in [-0.2, -0.15) is 0 Å². The van der Waals surface area contributed by atoms with Crippen molar-refractivity contribution < 1.29 is 18.4 Å². The smallest absolute Gasteiger partial charge is 0.229 e. The lowest BCUT2D eigenvalue weighted by molar-refractivity contribution is -0.119. The van der Waals surface area contributed by atoms with Crippen LogP contribution in [-0.2, 0) is 16.0 Å². The molecule has 0 radical (unpaired) electrons. The van der Waals surface area contributed by atoms with Crippen LogP contribution in [-0.4, -0.2) is 23.9 Å². The van der Waals surface area contributed by atoms with Crippen LogP contribution in [0.25, 0.3) is 0 Å². The van der Waals surface area contributed by atoms with Crippen LogP contribution in [0.2, 0.25) is 10.0 Å². The van der Waals surface area contributed by atoms with Crippen molar-refractivity contribution in [3.63, 3.8) is 0 Å². The first-order valence-corrected chi connectivity index (χ1v) is 9.18. The van der Waals surface area contributed by atoms with E-state index in [1.807, 2.05) is 0 Å². The Kier molecular flexibility index (Phi) is 7.79. The van der Waals surface area contributed by atoms with Gasteiger partial charge in [0.05, 0.1) is 17.8 Å². The van der Waals surface area contributed by atoms with E-state index in [1.54, 1.807) is 18.2 Å². The number of nitrogens with one attached hydrogen (secondary N) is 3. The number of carbonyl (C=O) groups excluding carboxylic acids is 2. The summed E-state index contributed by atoms with van der Waals surface area (Å²) in [6.07, 6.45) is 1.57. The van der Waals surface area contributed by atoms with Crippen molar-refractivity contribution in [1.82, 2.24) is 5.32 Å². The van der Waals surface area contributed by atoms with E-state index in [-0.39, 0.29) is 17.8 Å². The molecule has 0 heterocycles. The van der Waals surface area contributed by atoms with Crippen LogP contribution in [0.4, 0.5) is 14.5 Å². The number of carbonyl (C=O) groups is 2. The van der Waals surface area contributed by atoms with Gasteiger partial charge in [0.25, 0.3) is 0 Å². The number of halogens is 4. The highest BCUT2D eigenvalue weighted by Gasteiger charge is 2.19. The Morgan fingerprint density at radius 2 is 1.70 bits per heavy atom. The normalized spacial score (nSPS) is 11.0. The van der Waals surface area contributed by atoms with Gasteiger partial charge >= 0.3 is 0 Å². The first kappa shape index (κ1) is 23.2. The predicted octanol–water partition coefficient (Wildman–Crippen LogP) is 4.49. The average molecular weight is 453 g/mol. The van der Waals surface area contributed by atoms with E-state index >= 15 is 0 Å². The molecule has 3 N–H and O–H groups in total. The lowest BCUT2D eigenvalue weighted by Gasteiger charge is -2.20. The van der Waals surface area contributed by atoms with E-state index in [0.29, 0.717) is 21.7 Å². The third-order valence-corrected chi connectivity index (χ3v) is 4.50. The molecule has 0 fully saturated rings. The molecule has 10 heteroatoms. The van der Waals surface area contributed by atoms with Gasteiger partial charge in [0.1, 0.15) is 17.5 Å². The highest BCUT2D eigenvalue weighted by molar-refractivity contribution is 6.36. The molecule has 30 heavy (non-hydrogen) atoms. The Morgan fingerprint density at radius 3 is 2.20 bits per heavy atom. The molecule has 0 saturated heterocycles. The summed E-state index contributed by atoms with van der Waals surface area (Å²) in [4.78, 5) is 25.0. The molecule has 6 nitrogen and oxygen atoms in total. The van der Waals surface area contributed by atoms with Crippen molar-refractivity contribution in [1.29, 1.82) is 10.8 Å². The summed E-state index contributed by atoms with van der Waals surface area (Å²) in [6, 6.07) is 7.17. The SMILES string of the molecule is CC(=O)N(C(=N)/C=C(\C=N)NC(=O)Cc1c(Cl)cccc1Cl)c1cc(F)cc(F)c1. The molecule has 2 amide bonds. The zero-order valence-corrected chi connectivity index (χ0v) is 17.1. The molecular weight excluding hydrogens is 437 g/mol. The summed E-state index contributed by atoms with van der Waals surface area (Å²) >= 11 is 12.1. The van der Waals surface area contributed by atoms with E-state index in [4.69, 9.17) is 34.0 Å². The van der Waals surface area contributed by atoms with Gasteiger partial charge in [0.15, 0.2) is 0 Å². The molecule has 0 spiro atoms. The van der Waals surface area contributed by atoms with Gasteiger partial charge in [-0.05, 0) is 29.8 Å². The van der Waals surface area contributed by atoms with Gasteiger partial charge in [-0.3, -0.25) is 19.9 Å². The molecule has 2 aromatic carbocycles. The van der Waals surface area contributed by atoms with Gasteiger partial charge in [-0.15, -0.1) is 0 Å². The van der Waals surface area contributed by atoms with Crippen LogP contribution in [0, 0.1) is 22.5 Å². The van der Waals surface area contributed by atoms with Crippen LogP contribution in [0.5, 0.6) is 0 Å². The number of amidine groups is 1. The maximum atomic E-state index is 13.5. The van der Waals surface area contributed by atoms with Gasteiger partial charge in [0.2, 0.25) is 11.8 Å². The second kappa shape index (κ2) is 10.1. The third kappa shape index (κ3) is 5.95. The molecule has 2 aromatic rings. The summed E-state index contributed by atoms with van der Waals surface area (Å²) in [5.41, 5.74) is 0.0504. The molecule has 0 unspecified atom stereocenters. The summed E-state index contributed by atoms with van der Waals surface area (Å²) in [5, 5.41) is 18.6. The summed E-state index contributed by atoms with van der Waals surface area (Å²) in [7, 11) is 0. The monoisotopic (exact) mass is 452 g/mol. The predicted molar refractivity (Wildman–Crippen MR) is 112 cm³/mol. The van der Waals surface area contributed by atoms with Crippen molar-refractivity contribution in [2.24, 2.45) is 0 Å². The van der Waals surface area contributed by atoms with Crippen LogP contribution < -0.4 is 10.2 Å². The molecule has 0 aromatic heterocycles. The number of hydrogen-bond acceptors (Lipinski definition) is 4. The van der Waals surface area contributed by atoms with Crippen molar-refractivity contribution in [3.8, 4) is 0 Å². The maximum absolute atomic E-state index is 13.5. The van der Waals surface area contributed by atoms with Crippen LogP contribution >= 0.6 is 23.2 Å². The number of nitrogens with zero attached hydrogens (tertiary/aromatic N) is 1. The fourth-order valence-corrected chi connectivity index (χ4v) is 3.08. The molecule has 0 aliphatic rings. The summed E-state index contributed by atoms with van der Waals surface area (Å²) < 4.78 is 27.0. The second-order valence-electron chi connectivity index (χ2n) is 6.04. The van der Waals surface area contributed by atoms with Crippen molar-refractivity contribution in [2.45, 2.75) is 13.3 Å². The highest BCUT2D eigenvalue weighted by atomic mass is 35.5. The van der Waals surface area contributed by atoms with E-state index in [2.05, 4.69) is 5.32 Å². The standard InChI is InChI=1S/C20H16Cl2F2N4O2/c1-11(29)28(15-6-12(23)5-13(24)7-15)19(26)8-14(10-25)27-20(30)9-16-17(21)3-2-4-18(16)22/h2-8,10,25-26H,9H2,1H3,(H,27,30)/b14-8+,25-10?,26-19?. The Morgan fingerprint density at radius 1 is 1.13 bits per heavy atom. The Bertz CT molecular complexity index is 1020. The van der Waals surface area contributed by atoms with Crippen molar-refractivity contribution in [2.75, 3.05) is 4.90 Å². The summed E-state index contributed by atoms with van der Waals surface area (Å²) in [5.74, 6) is -3.63. The number of hydrogen-bond donors (Lipinski definition) is 3. The fourth-order valence-electron chi connectivity index (χ4n) is 2.55. The van der Waals surface area contributed by atoms with Gasteiger partial charge in [-0.25, -0.2) is 8.78 Å².